The third kappa shape index (κ3) is 5.86. The lowest BCUT2D eigenvalue weighted by Gasteiger charge is -2.34. The summed E-state index contributed by atoms with van der Waals surface area (Å²) in [4.78, 5) is 27.7. The predicted octanol–water partition coefficient (Wildman–Crippen LogP) is 4.20. The van der Waals surface area contributed by atoms with E-state index in [-0.39, 0.29) is 11.8 Å². The van der Waals surface area contributed by atoms with Crippen LogP contribution in [0.25, 0.3) is 17.1 Å². The van der Waals surface area contributed by atoms with Gasteiger partial charge in [0.2, 0.25) is 11.8 Å². The summed E-state index contributed by atoms with van der Waals surface area (Å²) in [6.07, 6.45) is 2.30. The first-order chi connectivity index (χ1) is 16.5. The van der Waals surface area contributed by atoms with Crippen LogP contribution in [0.15, 0.2) is 59.8 Å². The predicted molar refractivity (Wildman–Crippen MR) is 135 cm³/mol. The fourth-order valence-corrected chi connectivity index (χ4v) is 4.98. The molecule has 1 aliphatic heterocycles. The molecule has 0 aliphatic carbocycles. The van der Waals surface area contributed by atoms with Crippen LogP contribution in [0.3, 0.4) is 0 Å². The van der Waals surface area contributed by atoms with E-state index in [2.05, 4.69) is 58.1 Å². The van der Waals surface area contributed by atoms with Gasteiger partial charge in [0.25, 0.3) is 0 Å². The summed E-state index contributed by atoms with van der Waals surface area (Å²) in [5, 5.41) is 9.85. The number of aryl methyl sites for hydroxylation is 1. The van der Waals surface area contributed by atoms with E-state index in [1.165, 1.54) is 5.56 Å². The minimum atomic E-state index is 0.0815. The van der Waals surface area contributed by atoms with Gasteiger partial charge in [0.15, 0.2) is 11.0 Å². The highest BCUT2D eigenvalue weighted by Gasteiger charge is 2.22. The molecule has 1 aliphatic rings. The highest BCUT2D eigenvalue weighted by Crippen LogP contribution is 2.28. The molecule has 0 atom stereocenters. The van der Waals surface area contributed by atoms with Gasteiger partial charge in [-0.1, -0.05) is 59.8 Å². The van der Waals surface area contributed by atoms with Crippen molar-refractivity contribution in [3.8, 4) is 17.1 Å². The van der Waals surface area contributed by atoms with Crippen molar-refractivity contribution in [2.45, 2.75) is 38.3 Å². The first kappa shape index (κ1) is 24.0. The summed E-state index contributed by atoms with van der Waals surface area (Å²) in [6, 6.07) is 18.5. The number of nitrogens with zero attached hydrogens (tertiary/aromatic N) is 5. The van der Waals surface area contributed by atoms with Crippen LogP contribution < -0.4 is 0 Å². The highest BCUT2D eigenvalue weighted by atomic mass is 32.2. The second kappa shape index (κ2) is 11.3. The minimum Gasteiger partial charge on any atom is -0.339 e. The zero-order valence-corrected chi connectivity index (χ0v) is 20.6. The van der Waals surface area contributed by atoms with Crippen LogP contribution in [0, 0.1) is 6.92 Å². The maximum atomic E-state index is 12.5. The topological polar surface area (TPSA) is 71.3 Å². The number of hydrogen-bond acceptors (Lipinski definition) is 5. The van der Waals surface area contributed by atoms with Crippen LogP contribution in [-0.4, -0.2) is 68.3 Å². The first-order valence-corrected chi connectivity index (χ1v) is 12.8. The van der Waals surface area contributed by atoms with Crippen molar-refractivity contribution >= 4 is 23.6 Å². The second-order valence-electron chi connectivity index (χ2n) is 8.54. The molecule has 1 saturated heterocycles. The smallest absolute Gasteiger partial charge is 0.222 e. The molecule has 2 aromatic carbocycles. The number of carbonyl (C=O) groups excluding carboxylic acids is 2. The molecule has 2 amide bonds. The van der Waals surface area contributed by atoms with Crippen LogP contribution in [0.5, 0.6) is 0 Å². The summed E-state index contributed by atoms with van der Waals surface area (Å²) < 4.78 is 2.11. The van der Waals surface area contributed by atoms with Gasteiger partial charge in [-0.25, -0.2) is 0 Å². The number of para-hydroxylation sites is 1. The molecule has 3 aromatic rings. The normalized spacial score (nSPS) is 13.8. The molecule has 178 valence electrons. The molecule has 0 bridgehead atoms. The first-order valence-electron chi connectivity index (χ1n) is 11.8. The van der Waals surface area contributed by atoms with Crippen molar-refractivity contribution in [3.05, 3.63) is 60.2 Å². The van der Waals surface area contributed by atoms with Crippen molar-refractivity contribution in [2.24, 2.45) is 0 Å². The van der Waals surface area contributed by atoms with Crippen LogP contribution >= 0.6 is 11.8 Å². The Labute approximate surface area is 205 Å². The molecule has 1 aromatic heterocycles. The summed E-state index contributed by atoms with van der Waals surface area (Å²) in [7, 11) is 0. The van der Waals surface area contributed by atoms with Gasteiger partial charge in [0.1, 0.15) is 0 Å². The number of thioether (sulfide) groups is 1. The molecule has 34 heavy (non-hydrogen) atoms. The molecule has 0 radical (unpaired) electrons. The van der Waals surface area contributed by atoms with Crippen molar-refractivity contribution in [3.63, 3.8) is 0 Å². The molecule has 0 unspecified atom stereocenters. The largest absolute Gasteiger partial charge is 0.339 e. The standard InChI is InChI=1S/C26H31N5O2S/c1-20-11-13-22(14-12-20)25-27-28-26(31(25)23-8-4-3-5-9-23)34-19-7-6-10-24(33)30-17-15-29(16-18-30)21(2)32/h3-5,8-9,11-14H,6-7,10,15-19H2,1-2H3. The maximum absolute atomic E-state index is 12.5. The molecule has 8 heteroatoms. The van der Waals surface area contributed by atoms with Gasteiger partial charge in [-0.3, -0.25) is 14.2 Å². The Bertz CT molecular complexity index is 1110. The van der Waals surface area contributed by atoms with Gasteiger partial charge in [0.05, 0.1) is 0 Å². The molecule has 1 fully saturated rings. The minimum absolute atomic E-state index is 0.0815. The number of benzene rings is 2. The second-order valence-corrected chi connectivity index (χ2v) is 9.60. The van der Waals surface area contributed by atoms with Gasteiger partial charge >= 0.3 is 0 Å². The van der Waals surface area contributed by atoms with Crippen molar-refractivity contribution in [1.29, 1.82) is 0 Å². The Morgan fingerprint density at radius 3 is 2.24 bits per heavy atom. The fraction of sp³-hybridized carbons (Fsp3) is 0.385. The van der Waals surface area contributed by atoms with Crippen molar-refractivity contribution < 1.29 is 9.59 Å². The van der Waals surface area contributed by atoms with Crippen LogP contribution in [-0.2, 0) is 9.59 Å². The van der Waals surface area contributed by atoms with Crippen LogP contribution in [0.4, 0.5) is 0 Å². The van der Waals surface area contributed by atoms with E-state index in [0.29, 0.717) is 32.6 Å². The third-order valence-corrected chi connectivity index (χ3v) is 7.07. The summed E-state index contributed by atoms with van der Waals surface area (Å²) in [5.74, 6) is 1.96. The Morgan fingerprint density at radius 1 is 0.882 bits per heavy atom. The average molecular weight is 478 g/mol. The number of aromatic nitrogens is 3. The number of unbranched alkanes of at least 4 members (excludes halogenated alkanes) is 1. The maximum Gasteiger partial charge on any atom is 0.222 e. The molecule has 2 heterocycles. The van der Waals surface area contributed by atoms with E-state index in [4.69, 9.17) is 0 Å². The Kier molecular flexibility index (Phi) is 8.00. The van der Waals surface area contributed by atoms with Gasteiger partial charge in [-0.15, -0.1) is 10.2 Å². The molecule has 0 spiro atoms. The number of rotatable bonds is 8. The molecular formula is C26H31N5O2S. The highest BCUT2D eigenvalue weighted by molar-refractivity contribution is 7.99. The monoisotopic (exact) mass is 477 g/mol. The fourth-order valence-electron chi connectivity index (χ4n) is 4.03. The number of hydrogen-bond donors (Lipinski definition) is 0. The lowest BCUT2D eigenvalue weighted by molar-refractivity contribution is -0.138. The number of piperazine rings is 1. The van der Waals surface area contributed by atoms with E-state index < -0.39 is 0 Å². The molecule has 0 N–H and O–H groups in total. The van der Waals surface area contributed by atoms with Gasteiger partial charge in [-0.05, 0) is 31.9 Å². The van der Waals surface area contributed by atoms with E-state index in [0.717, 1.165) is 40.8 Å². The average Bonchev–Trinajstić information content (AvgIpc) is 3.28. The SMILES string of the molecule is CC(=O)N1CCN(C(=O)CCCCSc2nnc(-c3ccc(C)cc3)n2-c2ccccc2)CC1. The molecular weight excluding hydrogens is 446 g/mol. The van der Waals surface area contributed by atoms with E-state index in [9.17, 15) is 9.59 Å². The summed E-state index contributed by atoms with van der Waals surface area (Å²) in [6.45, 7) is 6.19. The molecule has 0 saturated carbocycles. The zero-order chi connectivity index (χ0) is 23.9. The molecule has 7 nitrogen and oxygen atoms in total. The van der Waals surface area contributed by atoms with Gasteiger partial charge < -0.3 is 9.80 Å². The zero-order valence-electron chi connectivity index (χ0n) is 19.8. The number of amides is 2. The van der Waals surface area contributed by atoms with E-state index >= 15 is 0 Å². The Morgan fingerprint density at radius 2 is 1.56 bits per heavy atom. The van der Waals surface area contributed by atoms with Crippen molar-refractivity contribution in [2.75, 3.05) is 31.9 Å². The number of carbonyl (C=O) groups is 2. The van der Waals surface area contributed by atoms with E-state index in [1.807, 2.05) is 23.1 Å². The van der Waals surface area contributed by atoms with Crippen molar-refractivity contribution in [1.82, 2.24) is 24.6 Å². The Balaban J connectivity index is 1.33. The van der Waals surface area contributed by atoms with Gasteiger partial charge in [-0.2, -0.15) is 0 Å². The third-order valence-electron chi connectivity index (χ3n) is 6.05. The lowest BCUT2D eigenvalue weighted by atomic mass is 10.1. The quantitative estimate of drug-likeness (QED) is 0.359. The summed E-state index contributed by atoms with van der Waals surface area (Å²) in [5.41, 5.74) is 3.27. The Hall–Kier alpha value is -3.13. The van der Waals surface area contributed by atoms with E-state index in [1.54, 1.807) is 23.6 Å². The lowest BCUT2D eigenvalue weighted by Crippen LogP contribution is -2.50. The summed E-state index contributed by atoms with van der Waals surface area (Å²) >= 11 is 1.67. The van der Waals surface area contributed by atoms with Gasteiger partial charge in [0, 0.05) is 56.5 Å². The molecule has 4 rings (SSSR count). The van der Waals surface area contributed by atoms with Crippen LogP contribution in [0.2, 0.25) is 0 Å². The van der Waals surface area contributed by atoms with Crippen LogP contribution in [0.1, 0.15) is 31.7 Å².